The van der Waals surface area contributed by atoms with Crippen molar-refractivity contribution in [3.05, 3.63) is 59.3 Å². The maximum atomic E-state index is 8.81. The highest BCUT2D eigenvalue weighted by molar-refractivity contribution is 5.39. The standard InChI is InChI=1S/C20H24N4/c1-16-8-10-24(11-9-16)20-7-6-19(15-23-20)14-22-13-18-4-2-17(12-21)3-5-18/h2-7,15-16,22H,8-11,13-14H2,1H3. The second kappa shape index (κ2) is 7.94. The second-order valence-corrected chi connectivity index (χ2v) is 6.61. The van der Waals surface area contributed by atoms with Gasteiger partial charge in [-0.3, -0.25) is 0 Å². The fourth-order valence-electron chi connectivity index (χ4n) is 2.99. The quantitative estimate of drug-likeness (QED) is 0.916. The van der Waals surface area contributed by atoms with E-state index in [-0.39, 0.29) is 0 Å². The van der Waals surface area contributed by atoms with E-state index in [1.807, 2.05) is 30.5 Å². The van der Waals surface area contributed by atoms with Crippen LogP contribution in [0.4, 0.5) is 5.82 Å². The molecule has 4 heteroatoms. The number of benzene rings is 1. The van der Waals surface area contributed by atoms with Crippen LogP contribution in [-0.4, -0.2) is 18.1 Å². The van der Waals surface area contributed by atoms with Crippen molar-refractivity contribution in [2.75, 3.05) is 18.0 Å². The van der Waals surface area contributed by atoms with Gasteiger partial charge in [-0.25, -0.2) is 4.98 Å². The molecule has 0 atom stereocenters. The molecule has 0 spiro atoms. The molecule has 0 saturated carbocycles. The van der Waals surface area contributed by atoms with Gasteiger partial charge in [0.1, 0.15) is 5.82 Å². The molecule has 0 aliphatic carbocycles. The molecule has 1 aliphatic heterocycles. The van der Waals surface area contributed by atoms with Crippen LogP contribution in [0.1, 0.15) is 36.5 Å². The summed E-state index contributed by atoms with van der Waals surface area (Å²) in [4.78, 5) is 7.01. The van der Waals surface area contributed by atoms with Crippen LogP contribution in [0.25, 0.3) is 0 Å². The van der Waals surface area contributed by atoms with Crippen LogP contribution < -0.4 is 10.2 Å². The van der Waals surface area contributed by atoms with E-state index < -0.39 is 0 Å². The van der Waals surface area contributed by atoms with Crippen molar-refractivity contribution in [2.45, 2.75) is 32.9 Å². The maximum Gasteiger partial charge on any atom is 0.128 e. The van der Waals surface area contributed by atoms with Gasteiger partial charge in [0.25, 0.3) is 0 Å². The summed E-state index contributed by atoms with van der Waals surface area (Å²) in [5, 5.41) is 12.2. The average molecular weight is 320 g/mol. The Balaban J connectivity index is 1.48. The molecular formula is C20H24N4. The lowest BCUT2D eigenvalue weighted by Gasteiger charge is -2.31. The molecule has 1 aliphatic rings. The van der Waals surface area contributed by atoms with Crippen molar-refractivity contribution >= 4 is 5.82 Å². The normalized spacial score (nSPS) is 15.2. The van der Waals surface area contributed by atoms with E-state index in [0.29, 0.717) is 5.56 Å². The topological polar surface area (TPSA) is 52.0 Å². The van der Waals surface area contributed by atoms with Gasteiger partial charge in [-0.1, -0.05) is 25.1 Å². The van der Waals surface area contributed by atoms with E-state index in [1.54, 1.807) is 0 Å². The molecule has 1 aromatic carbocycles. The lowest BCUT2D eigenvalue weighted by molar-refractivity contribution is 0.436. The summed E-state index contributed by atoms with van der Waals surface area (Å²) in [5.41, 5.74) is 3.07. The third-order valence-electron chi connectivity index (χ3n) is 4.66. The maximum absolute atomic E-state index is 8.81. The molecule has 0 amide bonds. The molecule has 1 fully saturated rings. The van der Waals surface area contributed by atoms with Crippen LogP contribution in [0.3, 0.4) is 0 Å². The molecule has 1 saturated heterocycles. The fraction of sp³-hybridized carbons (Fsp3) is 0.400. The van der Waals surface area contributed by atoms with Gasteiger partial charge in [0.15, 0.2) is 0 Å². The smallest absolute Gasteiger partial charge is 0.128 e. The summed E-state index contributed by atoms with van der Waals surface area (Å²) in [6.07, 6.45) is 4.49. The molecule has 4 nitrogen and oxygen atoms in total. The van der Waals surface area contributed by atoms with Gasteiger partial charge in [-0.15, -0.1) is 0 Å². The monoisotopic (exact) mass is 320 g/mol. The highest BCUT2D eigenvalue weighted by atomic mass is 15.2. The number of rotatable bonds is 5. The molecular weight excluding hydrogens is 296 g/mol. The minimum absolute atomic E-state index is 0.700. The predicted octanol–water partition coefficient (Wildman–Crippen LogP) is 3.48. The first-order chi connectivity index (χ1) is 11.7. The van der Waals surface area contributed by atoms with E-state index in [1.165, 1.54) is 24.0 Å². The molecule has 2 aromatic rings. The SMILES string of the molecule is CC1CCN(c2ccc(CNCc3ccc(C#N)cc3)cn2)CC1. The Hall–Kier alpha value is -2.38. The van der Waals surface area contributed by atoms with E-state index in [4.69, 9.17) is 5.26 Å². The van der Waals surface area contributed by atoms with Crippen LogP contribution in [0, 0.1) is 17.2 Å². The predicted molar refractivity (Wildman–Crippen MR) is 96.5 cm³/mol. The zero-order valence-electron chi connectivity index (χ0n) is 14.2. The van der Waals surface area contributed by atoms with E-state index in [9.17, 15) is 0 Å². The number of anilines is 1. The Labute approximate surface area is 144 Å². The van der Waals surface area contributed by atoms with Crippen LogP contribution in [0.2, 0.25) is 0 Å². The summed E-state index contributed by atoms with van der Waals surface area (Å²) in [6, 6.07) is 14.1. The highest BCUT2D eigenvalue weighted by Gasteiger charge is 2.16. The number of nitrogens with zero attached hydrogens (tertiary/aromatic N) is 3. The van der Waals surface area contributed by atoms with Gasteiger partial charge in [0, 0.05) is 32.4 Å². The summed E-state index contributed by atoms with van der Waals surface area (Å²) >= 11 is 0. The summed E-state index contributed by atoms with van der Waals surface area (Å²) in [7, 11) is 0. The summed E-state index contributed by atoms with van der Waals surface area (Å²) in [5.74, 6) is 1.93. The molecule has 3 rings (SSSR count). The number of pyridine rings is 1. The zero-order chi connectivity index (χ0) is 16.8. The zero-order valence-corrected chi connectivity index (χ0v) is 14.2. The first kappa shape index (κ1) is 16.5. The Morgan fingerprint density at radius 3 is 2.38 bits per heavy atom. The minimum Gasteiger partial charge on any atom is -0.357 e. The minimum atomic E-state index is 0.700. The Kier molecular flexibility index (Phi) is 5.45. The highest BCUT2D eigenvalue weighted by Crippen LogP contribution is 2.21. The Morgan fingerprint density at radius 2 is 1.75 bits per heavy atom. The van der Waals surface area contributed by atoms with Crippen molar-refractivity contribution < 1.29 is 0 Å². The van der Waals surface area contributed by atoms with Crippen LogP contribution >= 0.6 is 0 Å². The molecule has 2 heterocycles. The molecule has 124 valence electrons. The van der Waals surface area contributed by atoms with Gasteiger partial charge >= 0.3 is 0 Å². The average Bonchev–Trinajstić information content (AvgIpc) is 2.64. The molecule has 0 bridgehead atoms. The third kappa shape index (κ3) is 4.33. The van der Waals surface area contributed by atoms with Gasteiger partial charge in [-0.2, -0.15) is 5.26 Å². The van der Waals surface area contributed by atoms with Gasteiger partial charge in [0.2, 0.25) is 0 Å². The largest absolute Gasteiger partial charge is 0.357 e. The van der Waals surface area contributed by atoms with E-state index in [0.717, 1.165) is 37.9 Å². The number of hydrogen-bond donors (Lipinski definition) is 1. The number of hydrogen-bond acceptors (Lipinski definition) is 4. The molecule has 1 N–H and O–H groups in total. The molecule has 0 radical (unpaired) electrons. The van der Waals surface area contributed by atoms with Gasteiger partial charge in [0.05, 0.1) is 11.6 Å². The summed E-state index contributed by atoms with van der Waals surface area (Å²) < 4.78 is 0. The summed E-state index contributed by atoms with van der Waals surface area (Å²) in [6.45, 7) is 6.14. The van der Waals surface area contributed by atoms with Crippen LogP contribution in [-0.2, 0) is 13.1 Å². The molecule has 0 unspecified atom stereocenters. The van der Waals surface area contributed by atoms with Crippen molar-refractivity contribution in [2.24, 2.45) is 5.92 Å². The van der Waals surface area contributed by atoms with Crippen molar-refractivity contribution in [1.82, 2.24) is 10.3 Å². The number of piperidine rings is 1. The van der Waals surface area contributed by atoms with Crippen molar-refractivity contribution in [3.63, 3.8) is 0 Å². The Bertz CT molecular complexity index is 677. The second-order valence-electron chi connectivity index (χ2n) is 6.61. The Morgan fingerprint density at radius 1 is 1.08 bits per heavy atom. The number of nitriles is 1. The van der Waals surface area contributed by atoms with Crippen molar-refractivity contribution in [1.29, 1.82) is 5.26 Å². The van der Waals surface area contributed by atoms with E-state index >= 15 is 0 Å². The van der Waals surface area contributed by atoms with E-state index in [2.05, 4.69) is 40.3 Å². The lowest BCUT2D eigenvalue weighted by atomic mass is 9.99. The number of nitrogens with one attached hydrogen (secondary N) is 1. The molecule has 24 heavy (non-hydrogen) atoms. The number of aromatic nitrogens is 1. The van der Waals surface area contributed by atoms with Crippen LogP contribution in [0.5, 0.6) is 0 Å². The van der Waals surface area contributed by atoms with Gasteiger partial charge in [-0.05, 0) is 48.1 Å². The van der Waals surface area contributed by atoms with Crippen LogP contribution in [0.15, 0.2) is 42.6 Å². The first-order valence-electron chi connectivity index (χ1n) is 8.64. The first-order valence-corrected chi connectivity index (χ1v) is 8.64. The van der Waals surface area contributed by atoms with Gasteiger partial charge < -0.3 is 10.2 Å². The fourth-order valence-corrected chi connectivity index (χ4v) is 2.99. The lowest BCUT2D eigenvalue weighted by Crippen LogP contribution is -2.33. The van der Waals surface area contributed by atoms with Crippen molar-refractivity contribution in [3.8, 4) is 6.07 Å². The third-order valence-corrected chi connectivity index (χ3v) is 4.66. The molecule has 1 aromatic heterocycles.